The number of amides is 1. The molecule has 7 nitrogen and oxygen atoms in total. The highest BCUT2D eigenvalue weighted by atomic mass is 19.1. The Morgan fingerprint density at radius 3 is 2.64 bits per heavy atom. The van der Waals surface area contributed by atoms with Gasteiger partial charge in [0.1, 0.15) is 11.3 Å². The molecule has 2 N–H and O–H groups in total. The van der Waals surface area contributed by atoms with E-state index in [0.717, 1.165) is 11.8 Å². The Balaban J connectivity index is 1.99. The van der Waals surface area contributed by atoms with Crippen LogP contribution >= 0.6 is 0 Å². The van der Waals surface area contributed by atoms with Gasteiger partial charge in [-0.05, 0) is 26.8 Å². The molecule has 2 heterocycles. The summed E-state index contributed by atoms with van der Waals surface area (Å²) in [6.07, 6.45) is 0. The van der Waals surface area contributed by atoms with Gasteiger partial charge < -0.3 is 10.4 Å². The molecule has 1 aromatic carbocycles. The Kier molecular flexibility index (Phi) is 4.45. The predicted octanol–water partition coefficient (Wildman–Crippen LogP) is 2.14. The maximum Gasteiger partial charge on any atom is 0.259 e. The number of carbonyl (C=O) groups excluding carboxylic acids is 1. The standard InChI is InChI=1S/C17H18FN5O2/c1-9-6-15(22-23(9)4-5-24)21-17(25)13-7-12(18)8-14-16(13)20-11(3)10(2)19-14/h6-8,24H,4-5H2,1-3H3,(H,21,22,25). The lowest BCUT2D eigenvalue weighted by molar-refractivity contribution is 0.102. The van der Waals surface area contributed by atoms with Crippen LogP contribution in [0, 0.1) is 26.6 Å². The largest absolute Gasteiger partial charge is 0.394 e. The van der Waals surface area contributed by atoms with E-state index in [1.165, 1.54) is 6.07 Å². The molecule has 0 fully saturated rings. The number of rotatable bonds is 4. The number of aryl methyl sites for hydroxylation is 3. The van der Waals surface area contributed by atoms with Gasteiger partial charge in [0.25, 0.3) is 5.91 Å². The van der Waals surface area contributed by atoms with Crippen molar-refractivity contribution in [2.24, 2.45) is 0 Å². The molecular weight excluding hydrogens is 325 g/mol. The maximum atomic E-state index is 13.9. The molecule has 0 aliphatic heterocycles. The fourth-order valence-electron chi connectivity index (χ4n) is 2.55. The first-order valence-electron chi connectivity index (χ1n) is 7.80. The number of hydrogen-bond acceptors (Lipinski definition) is 5. The smallest absolute Gasteiger partial charge is 0.259 e. The fraction of sp³-hybridized carbons (Fsp3) is 0.294. The molecule has 3 aromatic rings. The molecule has 1 amide bonds. The Hall–Kier alpha value is -2.87. The number of carbonyl (C=O) groups is 1. The van der Waals surface area contributed by atoms with E-state index in [2.05, 4.69) is 20.4 Å². The van der Waals surface area contributed by atoms with Crippen molar-refractivity contribution in [2.75, 3.05) is 11.9 Å². The third-order valence-corrected chi connectivity index (χ3v) is 3.93. The first-order valence-corrected chi connectivity index (χ1v) is 7.80. The summed E-state index contributed by atoms with van der Waals surface area (Å²) in [6, 6.07) is 4.07. The molecule has 3 rings (SSSR count). The summed E-state index contributed by atoms with van der Waals surface area (Å²) in [7, 11) is 0. The van der Waals surface area contributed by atoms with Crippen molar-refractivity contribution in [3.05, 3.63) is 46.7 Å². The van der Waals surface area contributed by atoms with Crippen molar-refractivity contribution in [3.8, 4) is 0 Å². The summed E-state index contributed by atoms with van der Waals surface area (Å²) in [5.41, 5.74) is 2.92. The molecule has 0 saturated heterocycles. The van der Waals surface area contributed by atoms with Gasteiger partial charge in [-0.2, -0.15) is 5.10 Å². The van der Waals surface area contributed by atoms with Crippen molar-refractivity contribution in [3.63, 3.8) is 0 Å². The number of benzene rings is 1. The van der Waals surface area contributed by atoms with E-state index < -0.39 is 11.7 Å². The van der Waals surface area contributed by atoms with Gasteiger partial charge in [0, 0.05) is 17.8 Å². The molecule has 0 aliphatic carbocycles. The van der Waals surface area contributed by atoms with Crippen LogP contribution < -0.4 is 5.32 Å². The van der Waals surface area contributed by atoms with E-state index in [9.17, 15) is 9.18 Å². The zero-order valence-corrected chi connectivity index (χ0v) is 14.2. The Morgan fingerprint density at radius 2 is 1.92 bits per heavy atom. The van der Waals surface area contributed by atoms with Crippen LogP contribution in [0.3, 0.4) is 0 Å². The number of aliphatic hydroxyl groups is 1. The average molecular weight is 343 g/mol. The van der Waals surface area contributed by atoms with Crippen LogP contribution in [0.15, 0.2) is 18.2 Å². The normalized spacial score (nSPS) is 11.1. The summed E-state index contributed by atoms with van der Waals surface area (Å²) in [5.74, 6) is -0.752. The number of hydrogen-bond donors (Lipinski definition) is 2. The molecule has 0 radical (unpaired) electrons. The molecule has 0 bridgehead atoms. The molecular formula is C17H18FN5O2. The van der Waals surface area contributed by atoms with Crippen LogP contribution in [-0.2, 0) is 6.54 Å². The Bertz CT molecular complexity index is 967. The number of nitrogens with one attached hydrogen (secondary N) is 1. The van der Waals surface area contributed by atoms with Gasteiger partial charge in [0.2, 0.25) is 0 Å². The van der Waals surface area contributed by atoms with E-state index >= 15 is 0 Å². The van der Waals surface area contributed by atoms with Gasteiger partial charge >= 0.3 is 0 Å². The van der Waals surface area contributed by atoms with Crippen molar-refractivity contribution < 1.29 is 14.3 Å². The van der Waals surface area contributed by atoms with E-state index in [4.69, 9.17) is 5.11 Å². The summed E-state index contributed by atoms with van der Waals surface area (Å²) in [4.78, 5) is 21.3. The molecule has 2 aromatic heterocycles. The molecule has 0 saturated carbocycles. The highest BCUT2D eigenvalue weighted by Gasteiger charge is 2.17. The molecule has 0 atom stereocenters. The van der Waals surface area contributed by atoms with E-state index in [1.807, 2.05) is 6.92 Å². The van der Waals surface area contributed by atoms with Crippen LogP contribution in [0.2, 0.25) is 0 Å². The van der Waals surface area contributed by atoms with Crippen LogP contribution in [0.1, 0.15) is 27.4 Å². The lowest BCUT2D eigenvalue weighted by atomic mass is 10.1. The van der Waals surface area contributed by atoms with Gasteiger partial charge in [-0.15, -0.1) is 0 Å². The first kappa shape index (κ1) is 17.0. The second-order valence-corrected chi connectivity index (χ2v) is 5.79. The monoisotopic (exact) mass is 343 g/mol. The zero-order chi connectivity index (χ0) is 18.1. The summed E-state index contributed by atoms with van der Waals surface area (Å²) in [5, 5.41) is 15.8. The molecule has 0 aliphatic rings. The molecule has 0 unspecified atom stereocenters. The molecule has 8 heteroatoms. The van der Waals surface area contributed by atoms with E-state index in [0.29, 0.717) is 34.8 Å². The second kappa shape index (κ2) is 6.56. The van der Waals surface area contributed by atoms with Crippen molar-refractivity contribution in [2.45, 2.75) is 27.3 Å². The van der Waals surface area contributed by atoms with Crippen LogP contribution in [0.25, 0.3) is 11.0 Å². The average Bonchev–Trinajstić information content (AvgIpc) is 2.88. The minimum atomic E-state index is -0.558. The molecule has 130 valence electrons. The van der Waals surface area contributed by atoms with Crippen molar-refractivity contribution >= 4 is 22.8 Å². The summed E-state index contributed by atoms with van der Waals surface area (Å²) < 4.78 is 15.5. The van der Waals surface area contributed by atoms with Crippen LogP contribution in [0.5, 0.6) is 0 Å². The SMILES string of the molecule is Cc1nc2cc(F)cc(C(=O)Nc3cc(C)n(CCO)n3)c2nc1C. The van der Waals surface area contributed by atoms with E-state index in [-0.39, 0.29) is 12.2 Å². The lowest BCUT2D eigenvalue weighted by Gasteiger charge is -2.08. The highest BCUT2D eigenvalue weighted by molar-refractivity contribution is 6.11. The van der Waals surface area contributed by atoms with Gasteiger partial charge in [-0.3, -0.25) is 9.48 Å². The maximum absolute atomic E-state index is 13.9. The third kappa shape index (κ3) is 3.34. The molecule has 25 heavy (non-hydrogen) atoms. The number of fused-ring (bicyclic) bond motifs is 1. The van der Waals surface area contributed by atoms with Gasteiger partial charge in [-0.25, -0.2) is 14.4 Å². The number of aromatic nitrogens is 4. The van der Waals surface area contributed by atoms with Gasteiger partial charge in [0.05, 0.1) is 35.6 Å². The number of anilines is 1. The lowest BCUT2D eigenvalue weighted by Crippen LogP contribution is -2.15. The van der Waals surface area contributed by atoms with Crippen molar-refractivity contribution in [1.82, 2.24) is 19.7 Å². The highest BCUT2D eigenvalue weighted by Crippen LogP contribution is 2.20. The summed E-state index contributed by atoms with van der Waals surface area (Å²) in [6.45, 7) is 5.65. The van der Waals surface area contributed by atoms with Gasteiger partial charge in [-0.1, -0.05) is 0 Å². The molecule has 0 spiro atoms. The first-order chi connectivity index (χ1) is 11.9. The number of halogens is 1. The fourth-order valence-corrected chi connectivity index (χ4v) is 2.55. The van der Waals surface area contributed by atoms with E-state index in [1.54, 1.807) is 24.6 Å². The Morgan fingerprint density at radius 1 is 1.20 bits per heavy atom. The minimum absolute atomic E-state index is 0.0569. The second-order valence-electron chi connectivity index (χ2n) is 5.79. The van der Waals surface area contributed by atoms with Crippen molar-refractivity contribution in [1.29, 1.82) is 0 Å². The zero-order valence-electron chi connectivity index (χ0n) is 14.2. The summed E-state index contributed by atoms with van der Waals surface area (Å²) >= 11 is 0. The predicted molar refractivity (Wildman–Crippen MR) is 91.0 cm³/mol. The topological polar surface area (TPSA) is 92.9 Å². The quantitative estimate of drug-likeness (QED) is 0.757. The van der Waals surface area contributed by atoms with Crippen LogP contribution in [-0.4, -0.2) is 37.4 Å². The Labute approximate surface area is 143 Å². The number of nitrogens with zero attached hydrogens (tertiary/aromatic N) is 4. The number of aliphatic hydroxyl groups excluding tert-OH is 1. The minimum Gasteiger partial charge on any atom is -0.394 e. The van der Waals surface area contributed by atoms with Gasteiger partial charge in [0.15, 0.2) is 5.82 Å². The third-order valence-electron chi connectivity index (χ3n) is 3.93. The van der Waals surface area contributed by atoms with Crippen LogP contribution in [0.4, 0.5) is 10.2 Å².